The Balaban J connectivity index is 2.04. The van der Waals surface area contributed by atoms with Crippen molar-refractivity contribution in [1.82, 2.24) is 4.90 Å². The van der Waals surface area contributed by atoms with E-state index in [1.54, 1.807) is 45.0 Å². The van der Waals surface area contributed by atoms with Gasteiger partial charge in [-0.3, -0.25) is 14.4 Å². The predicted molar refractivity (Wildman–Crippen MR) is 113 cm³/mol. The normalized spacial score (nSPS) is 10.8. The highest BCUT2D eigenvalue weighted by Crippen LogP contribution is 2.24. The number of anilines is 2. The summed E-state index contributed by atoms with van der Waals surface area (Å²) in [6, 6.07) is 12.1. The molecule has 0 aliphatic carbocycles. The van der Waals surface area contributed by atoms with Crippen molar-refractivity contribution >= 4 is 29.1 Å². The first kappa shape index (κ1) is 22.9. The molecular weight excluding hydrogens is 389 g/mol. The third-order valence-electron chi connectivity index (χ3n) is 4.09. The van der Waals surface area contributed by atoms with Gasteiger partial charge in [0.1, 0.15) is 18.1 Å². The molecule has 0 fully saturated rings. The minimum atomic E-state index is -0.641. The summed E-state index contributed by atoms with van der Waals surface area (Å²) in [4.78, 5) is 38.0. The smallest absolute Gasteiger partial charge is 0.261 e. The molecule has 7 nitrogen and oxygen atoms in total. The SMILES string of the molecule is CC(=O)Nc1ccccc1OCC(=O)N(CC(=O)Nc1ccc(F)cc1)C(C)(C)C. The van der Waals surface area contributed by atoms with Crippen LogP contribution in [0.4, 0.5) is 15.8 Å². The average molecular weight is 415 g/mol. The van der Waals surface area contributed by atoms with Crippen LogP contribution in [0.5, 0.6) is 5.75 Å². The highest BCUT2D eigenvalue weighted by Gasteiger charge is 2.29. The van der Waals surface area contributed by atoms with Crippen LogP contribution in [-0.2, 0) is 14.4 Å². The number of amides is 3. The molecule has 0 bridgehead atoms. The molecule has 0 heterocycles. The summed E-state index contributed by atoms with van der Waals surface area (Å²) in [5.74, 6) is -1.12. The number of benzene rings is 2. The summed E-state index contributed by atoms with van der Waals surface area (Å²) in [5, 5.41) is 5.28. The fourth-order valence-electron chi connectivity index (χ4n) is 2.68. The first-order valence-corrected chi connectivity index (χ1v) is 9.41. The van der Waals surface area contributed by atoms with E-state index in [0.717, 1.165) is 0 Å². The van der Waals surface area contributed by atoms with E-state index in [1.807, 2.05) is 0 Å². The monoisotopic (exact) mass is 415 g/mol. The lowest BCUT2D eigenvalue weighted by Gasteiger charge is -2.35. The van der Waals surface area contributed by atoms with Gasteiger partial charge in [-0.15, -0.1) is 0 Å². The number of nitrogens with one attached hydrogen (secondary N) is 2. The van der Waals surface area contributed by atoms with Crippen LogP contribution in [0.25, 0.3) is 0 Å². The third kappa shape index (κ3) is 6.88. The standard InChI is InChI=1S/C22H26FN3O4/c1-15(27)24-18-7-5-6-8-19(18)30-14-21(29)26(22(2,3)4)13-20(28)25-17-11-9-16(23)10-12-17/h5-12H,13-14H2,1-4H3,(H,24,27)(H,25,28). The third-order valence-corrected chi connectivity index (χ3v) is 4.09. The number of para-hydroxylation sites is 2. The van der Waals surface area contributed by atoms with E-state index in [4.69, 9.17) is 4.74 Å². The van der Waals surface area contributed by atoms with E-state index >= 15 is 0 Å². The van der Waals surface area contributed by atoms with E-state index in [0.29, 0.717) is 17.1 Å². The van der Waals surface area contributed by atoms with Gasteiger partial charge in [-0.1, -0.05) is 12.1 Å². The lowest BCUT2D eigenvalue weighted by Crippen LogP contribution is -2.51. The Labute approximate surface area is 175 Å². The van der Waals surface area contributed by atoms with E-state index in [9.17, 15) is 18.8 Å². The van der Waals surface area contributed by atoms with Gasteiger partial charge in [0.2, 0.25) is 11.8 Å². The number of carbonyl (C=O) groups is 3. The Bertz CT molecular complexity index is 907. The Morgan fingerprint density at radius 1 is 1.00 bits per heavy atom. The van der Waals surface area contributed by atoms with Crippen LogP contribution in [-0.4, -0.2) is 41.3 Å². The number of rotatable bonds is 7. The number of nitrogens with zero attached hydrogens (tertiary/aromatic N) is 1. The van der Waals surface area contributed by atoms with Crippen LogP contribution in [0, 0.1) is 5.82 Å². The molecule has 3 amide bonds. The van der Waals surface area contributed by atoms with Crippen molar-refractivity contribution in [1.29, 1.82) is 0 Å². The maximum Gasteiger partial charge on any atom is 0.261 e. The van der Waals surface area contributed by atoms with Gasteiger partial charge >= 0.3 is 0 Å². The molecule has 0 aliphatic rings. The highest BCUT2D eigenvalue weighted by atomic mass is 19.1. The zero-order valence-corrected chi connectivity index (χ0v) is 17.5. The summed E-state index contributed by atoms with van der Waals surface area (Å²) < 4.78 is 18.6. The molecule has 2 rings (SSSR count). The van der Waals surface area contributed by atoms with Gasteiger partial charge in [-0.25, -0.2) is 4.39 Å². The lowest BCUT2D eigenvalue weighted by atomic mass is 10.1. The van der Waals surface area contributed by atoms with Crippen LogP contribution in [0.1, 0.15) is 27.7 Å². The zero-order valence-electron chi connectivity index (χ0n) is 17.5. The molecule has 0 aromatic heterocycles. The van der Waals surface area contributed by atoms with Crippen LogP contribution in [0.3, 0.4) is 0 Å². The zero-order chi connectivity index (χ0) is 22.3. The first-order valence-electron chi connectivity index (χ1n) is 9.41. The number of carbonyl (C=O) groups excluding carboxylic acids is 3. The van der Waals surface area contributed by atoms with Gasteiger partial charge < -0.3 is 20.3 Å². The Kier molecular flexibility index (Phi) is 7.52. The predicted octanol–water partition coefficient (Wildman–Crippen LogP) is 3.43. The number of halogens is 1. The maximum atomic E-state index is 13.0. The maximum absolute atomic E-state index is 13.0. The Morgan fingerprint density at radius 2 is 1.63 bits per heavy atom. The van der Waals surface area contributed by atoms with E-state index in [-0.39, 0.29) is 19.1 Å². The van der Waals surface area contributed by atoms with E-state index < -0.39 is 23.2 Å². The number of hydrogen-bond donors (Lipinski definition) is 2. The second kappa shape index (κ2) is 9.87. The van der Waals surface area contributed by atoms with Gasteiger partial charge in [-0.05, 0) is 57.2 Å². The molecule has 0 atom stereocenters. The molecule has 30 heavy (non-hydrogen) atoms. The molecule has 0 unspecified atom stereocenters. The Morgan fingerprint density at radius 3 is 2.23 bits per heavy atom. The van der Waals surface area contributed by atoms with Crippen LogP contribution >= 0.6 is 0 Å². The van der Waals surface area contributed by atoms with Crippen molar-refractivity contribution < 1.29 is 23.5 Å². The molecule has 0 spiro atoms. The minimum absolute atomic E-state index is 0.198. The van der Waals surface area contributed by atoms with Crippen molar-refractivity contribution in [3.63, 3.8) is 0 Å². The van der Waals surface area contributed by atoms with Crippen molar-refractivity contribution in [2.75, 3.05) is 23.8 Å². The van der Waals surface area contributed by atoms with Gasteiger partial charge in [0.15, 0.2) is 6.61 Å². The summed E-state index contributed by atoms with van der Waals surface area (Å²) in [6.45, 7) is 6.29. The van der Waals surface area contributed by atoms with Crippen molar-refractivity contribution in [2.24, 2.45) is 0 Å². The van der Waals surface area contributed by atoms with Gasteiger partial charge in [0.05, 0.1) is 5.69 Å². The van der Waals surface area contributed by atoms with Gasteiger partial charge in [-0.2, -0.15) is 0 Å². The summed E-state index contributed by atoms with van der Waals surface area (Å²) in [6.07, 6.45) is 0. The van der Waals surface area contributed by atoms with Crippen LogP contribution in [0.15, 0.2) is 48.5 Å². The van der Waals surface area contributed by atoms with Crippen LogP contribution < -0.4 is 15.4 Å². The largest absolute Gasteiger partial charge is 0.482 e. The molecule has 0 radical (unpaired) electrons. The number of ether oxygens (including phenoxy) is 1. The van der Waals surface area contributed by atoms with Crippen molar-refractivity contribution in [3.8, 4) is 5.75 Å². The molecule has 2 aromatic carbocycles. The quantitative estimate of drug-likeness (QED) is 0.725. The van der Waals surface area contributed by atoms with Gasteiger partial charge in [0, 0.05) is 18.2 Å². The molecule has 2 N–H and O–H groups in total. The van der Waals surface area contributed by atoms with Crippen molar-refractivity contribution in [3.05, 3.63) is 54.3 Å². The van der Waals surface area contributed by atoms with E-state index in [1.165, 1.54) is 36.1 Å². The molecule has 160 valence electrons. The van der Waals surface area contributed by atoms with Gasteiger partial charge in [0.25, 0.3) is 5.91 Å². The second-order valence-corrected chi connectivity index (χ2v) is 7.67. The average Bonchev–Trinajstić information content (AvgIpc) is 2.65. The van der Waals surface area contributed by atoms with Crippen LogP contribution in [0.2, 0.25) is 0 Å². The molecule has 0 saturated carbocycles. The molecule has 2 aromatic rings. The molecule has 0 saturated heterocycles. The number of hydrogen-bond acceptors (Lipinski definition) is 4. The fourth-order valence-corrected chi connectivity index (χ4v) is 2.68. The second-order valence-electron chi connectivity index (χ2n) is 7.67. The fraction of sp³-hybridized carbons (Fsp3) is 0.318. The summed E-state index contributed by atoms with van der Waals surface area (Å²) in [7, 11) is 0. The summed E-state index contributed by atoms with van der Waals surface area (Å²) >= 11 is 0. The Hall–Kier alpha value is -3.42. The first-order chi connectivity index (χ1) is 14.1. The molecule has 0 aliphatic heterocycles. The van der Waals surface area contributed by atoms with E-state index in [2.05, 4.69) is 10.6 Å². The molecular formula is C22H26FN3O4. The minimum Gasteiger partial charge on any atom is -0.482 e. The summed E-state index contributed by atoms with van der Waals surface area (Å²) in [5.41, 5.74) is 0.245. The lowest BCUT2D eigenvalue weighted by molar-refractivity contribution is -0.141. The topological polar surface area (TPSA) is 87.7 Å². The highest BCUT2D eigenvalue weighted by molar-refractivity contribution is 5.95. The molecule has 8 heteroatoms. The van der Waals surface area contributed by atoms with Crippen molar-refractivity contribution in [2.45, 2.75) is 33.2 Å².